The van der Waals surface area contributed by atoms with Crippen LogP contribution in [-0.2, 0) is 6.42 Å². The molecule has 0 aliphatic carbocycles. The average molecular weight is 352 g/mol. The summed E-state index contributed by atoms with van der Waals surface area (Å²) < 4.78 is 5.73. The Balaban J connectivity index is 1.58. The van der Waals surface area contributed by atoms with Crippen LogP contribution in [0.1, 0.15) is 12.5 Å². The minimum atomic E-state index is -0.146. The van der Waals surface area contributed by atoms with Crippen LogP contribution in [0.15, 0.2) is 70.6 Å². The molecule has 0 amide bonds. The van der Waals surface area contributed by atoms with Gasteiger partial charge in [-0.2, -0.15) is 0 Å². The summed E-state index contributed by atoms with van der Waals surface area (Å²) in [4.78, 5) is 19.2. The Kier molecular flexibility index (Phi) is 5.90. The molecule has 2 aromatic carbocycles. The number of H-pyrrole nitrogens is 1. The number of nitrogens with zero attached hydrogens (tertiary/aromatic N) is 1. The lowest BCUT2D eigenvalue weighted by molar-refractivity contribution is 0.344. The van der Waals surface area contributed by atoms with E-state index in [1.54, 1.807) is 0 Å². The van der Waals surface area contributed by atoms with Gasteiger partial charge < -0.3 is 9.72 Å². The Labute approximate surface area is 151 Å². The molecule has 25 heavy (non-hydrogen) atoms. The molecule has 0 spiro atoms. The molecule has 0 fully saturated rings. The Morgan fingerprint density at radius 2 is 1.84 bits per heavy atom. The van der Waals surface area contributed by atoms with Gasteiger partial charge in [-0.1, -0.05) is 61.2 Å². The summed E-state index contributed by atoms with van der Waals surface area (Å²) in [5.41, 5.74) is 2.76. The molecule has 0 saturated carbocycles. The van der Waals surface area contributed by atoms with E-state index in [2.05, 4.69) is 29.0 Å². The number of hydrogen-bond donors (Lipinski definition) is 1. The van der Waals surface area contributed by atoms with Crippen LogP contribution in [0.4, 0.5) is 0 Å². The highest BCUT2D eigenvalue weighted by molar-refractivity contribution is 7.99. The molecule has 1 heterocycles. The molecule has 1 N–H and O–H groups in total. The maximum absolute atomic E-state index is 11.9. The summed E-state index contributed by atoms with van der Waals surface area (Å²) in [5.74, 6) is 1.56. The predicted molar refractivity (Wildman–Crippen MR) is 102 cm³/mol. The summed E-state index contributed by atoms with van der Waals surface area (Å²) in [6.07, 6.45) is 1.02. The summed E-state index contributed by atoms with van der Waals surface area (Å²) in [7, 11) is 0. The highest BCUT2D eigenvalue weighted by Gasteiger charge is 2.04. The number of thioether (sulfide) groups is 1. The number of hydrogen-bond acceptors (Lipinski definition) is 4. The Morgan fingerprint density at radius 1 is 1.08 bits per heavy atom. The first-order valence-electron chi connectivity index (χ1n) is 8.26. The van der Waals surface area contributed by atoms with E-state index >= 15 is 0 Å². The lowest BCUT2D eigenvalue weighted by Crippen LogP contribution is -2.09. The Hall–Kier alpha value is -2.53. The molecule has 0 saturated heterocycles. The van der Waals surface area contributed by atoms with Gasteiger partial charge in [0.2, 0.25) is 0 Å². The molecule has 3 aromatic rings. The van der Waals surface area contributed by atoms with Crippen LogP contribution in [0, 0.1) is 0 Å². The van der Waals surface area contributed by atoms with Gasteiger partial charge >= 0.3 is 0 Å². The number of rotatable bonds is 7. The third-order valence-electron chi connectivity index (χ3n) is 3.71. The first-order valence-corrected chi connectivity index (χ1v) is 9.24. The fourth-order valence-electron chi connectivity index (χ4n) is 2.38. The van der Waals surface area contributed by atoms with E-state index in [1.165, 1.54) is 23.4 Å². The van der Waals surface area contributed by atoms with Crippen molar-refractivity contribution in [3.63, 3.8) is 0 Å². The van der Waals surface area contributed by atoms with Gasteiger partial charge in [0.1, 0.15) is 5.75 Å². The third kappa shape index (κ3) is 4.97. The minimum Gasteiger partial charge on any atom is -0.493 e. The van der Waals surface area contributed by atoms with Crippen molar-refractivity contribution in [2.75, 3.05) is 12.4 Å². The smallest absolute Gasteiger partial charge is 0.252 e. The van der Waals surface area contributed by atoms with E-state index < -0.39 is 0 Å². The van der Waals surface area contributed by atoms with Crippen molar-refractivity contribution in [3.8, 4) is 17.0 Å². The lowest BCUT2D eigenvalue weighted by atomic mass is 10.1. The van der Waals surface area contributed by atoms with Crippen molar-refractivity contribution in [2.24, 2.45) is 0 Å². The maximum atomic E-state index is 11.9. The molecule has 128 valence electrons. The molecule has 0 aliphatic rings. The zero-order valence-electron chi connectivity index (χ0n) is 14.1. The van der Waals surface area contributed by atoms with E-state index in [4.69, 9.17) is 4.74 Å². The molecule has 0 atom stereocenters. The summed E-state index contributed by atoms with van der Waals surface area (Å²) >= 11 is 1.48. The largest absolute Gasteiger partial charge is 0.493 e. The van der Waals surface area contributed by atoms with Gasteiger partial charge in [0.15, 0.2) is 5.16 Å². The Morgan fingerprint density at radius 3 is 2.56 bits per heavy atom. The van der Waals surface area contributed by atoms with Gasteiger partial charge in [-0.25, -0.2) is 4.98 Å². The maximum Gasteiger partial charge on any atom is 0.252 e. The zero-order valence-corrected chi connectivity index (χ0v) is 14.9. The van der Waals surface area contributed by atoms with Gasteiger partial charge in [-0.15, -0.1) is 0 Å². The van der Waals surface area contributed by atoms with E-state index in [1.807, 2.05) is 42.5 Å². The number of nitrogens with one attached hydrogen (secondary N) is 1. The van der Waals surface area contributed by atoms with Crippen LogP contribution in [-0.4, -0.2) is 22.3 Å². The number of benzene rings is 2. The first kappa shape index (κ1) is 17.3. The number of aromatic nitrogens is 2. The molecular weight excluding hydrogens is 332 g/mol. The second-order valence-corrected chi connectivity index (χ2v) is 6.58. The average Bonchev–Trinajstić information content (AvgIpc) is 2.66. The van der Waals surface area contributed by atoms with Crippen LogP contribution in [0.25, 0.3) is 11.3 Å². The summed E-state index contributed by atoms with van der Waals surface area (Å²) in [5, 5.41) is 0.608. The van der Waals surface area contributed by atoms with Gasteiger partial charge in [-0.05, 0) is 24.1 Å². The molecule has 0 bridgehead atoms. The molecule has 3 rings (SSSR count). The fourth-order valence-corrected chi connectivity index (χ4v) is 3.08. The molecule has 0 aliphatic heterocycles. The standard InChI is InChI=1S/C20H20N2O2S/c1-2-15-8-10-17(11-9-15)24-12-13-25-20-21-18(14-19(23)22-20)16-6-4-3-5-7-16/h3-11,14H,2,12-13H2,1H3,(H,21,22,23). The quantitative estimate of drug-likeness (QED) is 0.394. The van der Waals surface area contributed by atoms with E-state index in [-0.39, 0.29) is 5.56 Å². The van der Waals surface area contributed by atoms with Gasteiger partial charge in [0, 0.05) is 17.4 Å². The van der Waals surface area contributed by atoms with E-state index in [0.717, 1.165) is 17.7 Å². The molecular formula is C20H20N2O2S. The van der Waals surface area contributed by atoms with E-state index in [0.29, 0.717) is 23.2 Å². The molecule has 0 radical (unpaired) electrons. The number of aryl methyl sites for hydroxylation is 1. The Bertz CT molecular complexity index is 861. The SMILES string of the molecule is CCc1ccc(OCCSc2nc(-c3ccccc3)cc(=O)[nH]2)cc1. The highest BCUT2D eigenvalue weighted by atomic mass is 32.2. The zero-order chi connectivity index (χ0) is 17.5. The second-order valence-electron chi connectivity index (χ2n) is 5.50. The van der Waals surface area contributed by atoms with Gasteiger partial charge in [-0.3, -0.25) is 4.79 Å². The predicted octanol–water partition coefficient (Wildman–Crippen LogP) is 4.17. The van der Waals surface area contributed by atoms with Crippen LogP contribution < -0.4 is 10.3 Å². The molecule has 1 aromatic heterocycles. The topological polar surface area (TPSA) is 55.0 Å². The summed E-state index contributed by atoms with van der Waals surface area (Å²) in [6.45, 7) is 2.68. The van der Waals surface area contributed by atoms with Crippen molar-refractivity contribution in [1.29, 1.82) is 0 Å². The molecule has 5 heteroatoms. The van der Waals surface area contributed by atoms with E-state index in [9.17, 15) is 4.79 Å². The number of ether oxygens (including phenoxy) is 1. The molecule has 4 nitrogen and oxygen atoms in total. The lowest BCUT2D eigenvalue weighted by Gasteiger charge is -2.07. The van der Waals surface area contributed by atoms with Crippen molar-refractivity contribution >= 4 is 11.8 Å². The van der Waals surface area contributed by atoms with Crippen LogP contribution >= 0.6 is 11.8 Å². The monoisotopic (exact) mass is 352 g/mol. The van der Waals surface area contributed by atoms with Crippen LogP contribution in [0.5, 0.6) is 5.75 Å². The van der Waals surface area contributed by atoms with Gasteiger partial charge in [0.05, 0.1) is 12.3 Å². The highest BCUT2D eigenvalue weighted by Crippen LogP contribution is 2.19. The fraction of sp³-hybridized carbons (Fsp3) is 0.200. The third-order valence-corrected chi connectivity index (χ3v) is 4.55. The second kappa shape index (κ2) is 8.53. The van der Waals surface area contributed by atoms with Crippen LogP contribution in [0.3, 0.4) is 0 Å². The van der Waals surface area contributed by atoms with Crippen molar-refractivity contribution in [2.45, 2.75) is 18.5 Å². The van der Waals surface area contributed by atoms with Crippen molar-refractivity contribution in [3.05, 3.63) is 76.6 Å². The first-order chi connectivity index (χ1) is 12.2. The van der Waals surface area contributed by atoms with Crippen LogP contribution in [0.2, 0.25) is 0 Å². The number of aromatic amines is 1. The normalized spacial score (nSPS) is 10.6. The van der Waals surface area contributed by atoms with Gasteiger partial charge in [0.25, 0.3) is 5.56 Å². The summed E-state index contributed by atoms with van der Waals surface area (Å²) in [6, 6.07) is 19.3. The minimum absolute atomic E-state index is 0.146. The van der Waals surface area contributed by atoms with Crippen molar-refractivity contribution in [1.82, 2.24) is 9.97 Å². The van der Waals surface area contributed by atoms with Crippen molar-refractivity contribution < 1.29 is 4.74 Å². The molecule has 0 unspecified atom stereocenters.